The fraction of sp³-hybridized carbons (Fsp3) is 0.273. The van der Waals surface area contributed by atoms with E-state index in [9.17, 15) is 8.78 Å². The summed E-state index contributed by atoms with van der Waals surface area (Å²) in [6, 6.07) is 3.13. The molecule has 6 heteroatoms. The molecule has 0 bridgehead atoms. The van der Waals surface area contributed by atoms with Crippen molar-refractivity contribution in [1.82, 2.24) is 14.1 Å². The first-order chi connectivity index (χ1) is 8.20. The van der Waals surface area contributed by atoms with Gasteiger partial charge in [-0.1, -0.05) is 6.92 Å². The van der Waals surface area contributed by atoms with Gasteiger partial charge in [0, 0.05) is 6.07 Å². The van der Waals surface area contributed by atoms with Gasteiger partial charge in [-0.05, 0) is 24.2 Å². The van der Waals surface area contributed by atoms with Crippen molar-refractivity contribution in [2.45, 2.75) is 13.0 Å². The van der Waals surface area contributed by atoms with Crippen molar-refractivity contribution in [3.05, 3.63) is 47.3 Å². The molecule has 2 aromatic rings. The maximum atomic E-state index is 13.2. The molecule has 2 rings (SSSR count). The number of aromatic nitrogens is 2. The van der Waals surface area contributed by atoms with Crippen LogP contribution in [0.25, 0.3) is 0 Å². The Balaban J connectivity index is 2.38. The highest BCUT2D eigenvalue weighted by Crippen LogP contribution is 2.22. The minimum atomic E-state index is -0.592. The third-order valence-corrected chi connectivity index (χ3v) is 2.79. The van der Waals surface area contributed by atoms with Gasteiger partial charge in [-0.2, -0.15) is 8.75 Å². The molecule has 0 aliphatic rings. The topological polar surface area (TPSA) is 37.8 Å². The number of halogens is 2. The summed E-state index contributed by atoms with van der Waals surface area (Å²) >= 11 is 1.07. The Morgan fingerprint density at radius 2 is 2.00 bits per heavy atom. The van der Waals surface area contributed by atoms with Crippen LogP contribution in [0.1, 0.15) is 24.2 Å². The van der Waals surface area contributed by atoms with Crippen LogP contribution in [0.4, 0.5) is 8.78 Å². The molecule has 17 heavy (non-hydrogen) atoms. The highest BCUT2D eigenvalue weighted by Gasteiger charge is 2.17. The Kier molecular flexibility index (Phi) is 3.75. The average Bonchev–Trinajstić information content (AvgIpc) is 2.77. The molecule has 0 saturated heterocycles. The van der Waals surface area contributed by atoms with Gasteiger partial charge in [-0.15, -0.1) is 0 Å². The van der Waals surface area contributed by atoms with Crippen LogP contribution in [0, 0.1) is 11.6 Å². The SMILES string of the molecule is CCNC(c1cc(F)cc(F)c1)c1cnsn1. The lowest BCUT2D eigenvalue weighted by Crippen LogP contribution is -2.22. The van der Waals surface area contributed by atoms with Crippen LogP contribution in [0.15, 0.2) is 24.4 Å². The van der Waals surface area contributed by atoms with Gasteiger partial charge in [0.2, 0.25) is 0 Å². The predicted octanol–water partition coefficient (Wildman–Crippen LogP) is 2.52. The Labute approximate surface area is 102 Å². The summed E-state index contributed by atoms with van der Waals surface area (Å²) in [6.45, 7) is 2.59. The summed E-state index contributed by atoms with van der Waals surface area (Å²) in [4.78, 5) is 0. The number of rotatable bonds is 4. The quantitative estimate of drug-likeness (QED) is 0.912. The van der Waals surface area contributed by atoms with Gasteiger partial charge in [0.15, 0.2) is 0 Å². The van der Waals surface area contributed by atoms with Crippen LogP contribution >= 0.6 is 11.7 Å². The number of nitrogens with one attached hydrogen (secondary N) is 1. The van der Waals surface area contributed by atoms with E-state index >= 15 is 0 Å². The molecule has 1 atom stereocenters. The molecule has 1 N–H and O–H groups in total. The van der Waals surface area contributed by atoms with Crippen molar-refractivity contribution in [2.24, 2.45) is 0 Å². The fourth-order valence-electron chi connectivity index (χ4n) is 1.64. The van der Waals surface area contributed by atoms with Crippen molar-refractivity contribution < 1.29 is 8.78 Å². The lowest BCUT2D eigenvalue weighted by atomic mass is 10.0. The average molecular weight is 255 g/mol. The lowest BCUT2D eigenvalue weighted by Gasteiger charge is -2.15. The molecule has 1 aromatic carbocycles. The van der Waals surface area contributed by atoms with Crippen molar-refractivity contribution >= 4 is 11.7 Å². The zero-order valence-electron chi connectivity index (χ0n) is 9.15. The summed E-state index contributed by atoms with van der Waals surface area (Å²) in [6.07, 6.45) is 1.60. The molecule has 3 nitrogen and oxygen atoms in total. The number of benzene rings is 1. The molecule has 1 unspecified atom stereocenters. The molecule has 90 valence electrons. The van der Waals surface area contributed by atoms with Crippen LogP contribution in [0.2, 0.25) is 0 Å². The molecule has 1 aromatic heterocycles. The Morgan fingerprint density at radius 1 is 1.29 bits per heavy atom. The molecule has 0 radical (unpaired) electrons. The van der Waals surface area contributed by atoms with Crippen molar-refractivity contribution in [1.29, 1.82) is 0 Å². The maximum Gasteiger partial charge on any atom is 0.126 e. The fourth-order valence-corrected chi connectivity index (χ4v) is 2.09. The molecule has 1 heterocycles. The molecule has 0 saturated carbocycles. The van der Waals surface area contributed by atoms with E-state index in [1.807, 2.05) is 6.92 Å². The van der Waals surface area contributed by atoms with Crippen molar-refractivity contribution in [3.8, 4) is 0 Å². The predicted molar refractivity (Wildman–Crippen MR) is 61.8 cm³/mol. The normalized spacial score (nSPS) is 12.6. The van der Waals surface area contributed by atoms with E-state index in [2.05, 4.69) is 14.1 Å². The molecular formula is C11H11F2N3S. The Hall–Kier alpha value is -1.40. The summed E-state index contributed by atoms with van der Waals surface area (Å²) in [5.74, 6) is -1.18. The zero-order chi connectivity index (χ0) is 12.3. The van der Waals surface area contributed by atoms with Gasteiger partial charge in [-0.25, -0.2) is 8.78 Å². The van der Waals surface area contributed by atoms with Crippen LogP contribution in [0.5, 0.6) is 0 Å². The van der Waals surface area contributed by atoms with Crippen molar-refractivity contribution in [2.75, 3.05) is 6.54 Å². The molecular weight excluding hydrogens is 244 g/mol. The summed E-state index contributed by atoms with van der Waals surface area (Å²) < 4.78 is 34.3. The molecule has 0 spiro atoms. The van der Waals surface area contributed by atoms with Gasteiger partial charge < -0.3 is 5.32 Å². The largest absolute Gasteiger partial charge is 0.305 e. The third kappa shape index (κ3) is 2.83. The van der Waals surface area contributed by atoms with Gasteiger partial charge in [0.25, 0.3) is 0 Å². The van der Waals surface area contributed by atoms with Gasteiger partial charge in [0.1, 0.15) is 11.6 Å². The number of hydrogen-bond acceptors (Lipinski definition) is 4. The first-order valence-corrected chi connectivity index (χ1v) is 5.90. The molecule has 0 amide bonds. The summed E-state index contributed by atoms with van der Waals surface area (Å²) in [7, 11) is 0. The summed E-state index contributed by atoms with van der Waals surface area (Å²) in [5, 5.41) is 3.13. The van der Waals surface area contributed by atoms with Crippen LogP contribution in [0.3, 0.4) is 0 Å². The van der Waals surface area contributed by atoms with Gasteiger partial charge >= 0.3 is 0 Å². The second kappa shape index (κ2) is 5.29. The first kappa shape index (κ1) is 12.1. The molecule has 0 aliphatic carbocycles. The maximum absolute atomic E-state index is 13.2. The second-order valence-electron chi connectivity index (χ2n) is 3.53. The zero-order valence-corrected chi connectivity index (χ0v) is 9.97. The Morgan fingerprint density at radius 3 is 2.53 bits per heavy atom. The van der Waals surface area contributed by atoms with E-state index in [0.29, 0.717) is 17.8 Å². The van der Waals surface area contributed by atoms with E-state index in [1.165, 1.54) is 12.1 Å². The second-order valence-corrected chi connectivity index (χ2v) is 4.08. The van der Waals surface area contributed by atoms with Crippen LogP contribution < -0.4 is 5.32 Å². The van der Waals surface area contributed by atoms with E-state index in [0.717, 1.165) is 17.8 Å². The Bertz CT molecular complexity index is 467. The summed E-state index contributed by atoms with van der Waals surface area (Å²) in [5.41, 5.74) is 1.18. The van der Waals surface area contributed by atoms with Gasteiger partial charge in [-0.3, -0.25) is 0 Å². The van der Waals surface area contributed by atoms with E-state index in [1.54, 1.807) is 6.20 Å². The van der Waals surface area contributed by atoms with E-state index in [4.69, 9.17) is 0 Å². The van der Waals surface area contributed by atoms with Crippen LogP contribution in [-0.4, -0.2) is 15.3 Å². The minimum absolute atomic E-state index is 0.330. The number of nitrogens with zero attached hydrogens (tertiary/aromatic N) is 2. The highest BCUT2D eigenvalue weighted by molar-refractivity contribution is 6.99. The van der Waals surface area contributed by atoms with Gasteiger partial charge in [0.05, 0.1) is 29.7 Å². The monoisotopic (exact) mass is 255 g/mol. The van der Waals surface area contributed by atoms with E-state index in [-0.39, 0.29) is 6.04 Å². The number of hydrogen-bond donors (Lipinski definition) is 1. The molecule has 0 aliphatic heterocycles. The smallest absolute Gasteiger partial charge is 0.126 e. The van der Waals surface area contributed by atoms with Crippen LogP contribution in [-0.2, 0) is 0 Å². The minimum Gasteiger partial charge on any atom is -0.305 e. The highest BCUT2D eigenvalue weighted by atomic mass is 32.1. The molecule has 0 fully saturated rings. The van der Waals surface area contributed by atoms with E-state index < -0.39 is 11.6 Å². The first-order valence-electron chi connectivity index (χ1n) is 5.17. The van der Waals surface area contributed by atoms with Crippen molar-refractivity contribution in [3.63, 3.8) is 0 Å². The standard InChI is InChI=1S/C11H11F2N3S/c1-2-14-11(10-6-15-17-16-10)7-3-8(12)5-9(13)4-7/h3-6,11,14H,2H2,1H3. The third-order valence-electron chi connectivity index (χ3n) is 2.30. The lowest BCUT2D eigenvalue weighted by molar-refractivity contribution is 0.563.